The van der Waals surface area contributed by atoms with Crippen molar-refractivity contribution in [3.05, 3.63) is 182 Å². The Bertz CT molecular complexity index is 3720. The maximum absolute atomic E-state index is 12.3. The van der Waals surface area contributed by atoms with Gasteiger partial charge in [0, 0.05) is 88.9 Å². The summed E-state index contributed by atoms with van der Waals surface area (Å²) < 4.78 is 29.3. The molecule has 5 aromatic carbocycles. The smallest absolute Gasteiger partial charge is 0.168 e. The van der Waals surface area contributed by atoms with Gasteiger partial charge in [0.1, 0.15) is 30.1 Å². The Balaban J connectivity index is 0.922. The number of aromatic hydroxyl groups is 3. The van der Waals surface area contributed by atoms with E-state index in [0.717, 1.165) is 112 Å². The molecule has 0 amide bonds. The van der Waals surface area contributed by atoms with Gasteiger partial charge in [0.05, 0.1) is 44.4 Å². The summed E-state index contributed by atoms with van der Waals surface area (Å²) in [6.45, 7) is 1.09. The predicted octanol–water partition coefficient (Wildman–Crippen LogP) is 11.6. The number of aryl methyl sites for hydroxylation is 2. The van der Waals surface area contributed by atoms with E-state index >= 15 is 0 Å². The van der Waals surface area contributed by atoms with Crippen LogP contribution in [0, 0.1) is 35.5 Å². The molecule has 1 saturated carbocycles. The van der Waals surface area contributed by atoms with Crippen LogP contribution < -0.4 is 15.4 Å². The van der Waals surface area contributed by atoms with Crippen LogP contribution in [0.2, 0.25) is 0 Å². The molecule has 1 spiro atoms. The van der Waals surface area contributed by atoms with E-state index in [-0.39, 0.29) is 84.0 Å². The van der Waals surface area contributed by atoms with E-state index in [1.165, 1.54) is 41.5 Å². The maximum atomic E-state index is 12.3. The number of rotatable bonds is 10. The van der Waals surface area contributed by atoms with E-state index in [4.69, 9.17) is 18.9 Å². The molecule has 8 unspecified atom stereocenters. The standard InChI is InChI=1S/C72H77N3O9/c1-81-43-73-67-35-49-18-16-44(14-15-45-17-24-63(78)51(28-45)29-46-9-5-12-57(77)30-46)8-6-13-58-36-64(79)50-20-23-59-60(33-50)53(39-76)34-65(80)69(59)83-40-54-32-56(31-52-37-75(38-61(52)54)70(74-67)62(49)42-82-58)72-55-22-19-47-10-7-11-48(68(47)72)21-25-66(72)71(84-41-55)26-3-2-4-27-71/h5,7,9-12,17,19-20,22-24,28,30-32,34-35,37-38,44,50,55,58,64,66-67,73-74,76-80H,2-4,6,8,13-15,21,25-27,29,33,36,39-43H2,1H3. The Morgan fingerprint density at radius 3 is 2.62 bits per heavy atom. The first kappa shape index (κ1) is 54.8. The van der Waals surface area contributed by atoms with Crippen molar-refractivity contribution in [2.45, 2.75) is 139 Å². The van der Waals surface area contributed by atoms with Gasteiger partial charge in [-0.15, -0.1) is 0 Å². The zero-order chi connectivity index (χ0) is 57.1. The highest BCUT2D eigenvalue weighted by molar-refractivity contribution is 5.89. The third-order valence-electron chi connectivity index (χ3n) is 20.3. The number of benzene rings is 5. The lowest BCUT2D eigenvalue weighted by molar-refractivity contribution is -0.182. The number of hydrogen-bond donors (Lipinski definition) is 7. The minimum absolute atomic E-state index is 0.0250. The summed E-state index contributed by atoms with van der Waals surface area (Å²) in [5, 5.41) is 65.7. The molecule has 7 N–H and O–H groups in total. The average molecular weight is 1130 g/mol. The lowest BCUT2D eigenvalue weighted by atomic mass is 9.46. The van der Waals surface area contributed by atoms with Gasteiger partial charge < -0.3 is 54.4 Å². The molecule has 12 nitrogen and oxygen atoms in total. The number of phenols is 3. The SMILES string of the molecule is COCNC1C=C2C#CC(CCc3ccc(O)c(Cc4cccc(O)c4)c3)CCCC3CC(O)C4C=Cc5c(c(CO)cc(O)c5OCc5cc(C67c8c9cccc8CCC6C6(CCCCC6)OCC7C=C9)cc6cn(cc56)C(=C2CO3)N1)C4. The highest BCUT2D eigenvalue weighted by Gasteiger charge is 2.62. The Labute approximate surface area is 492 Å². The number of ether oxygens (including phenoxy) is 4. The van der Waals surface area contributed by atoms with E-state index < -0.39 is 6.10 Å². The number of nitrogens with one attached hydrogen (secondary N) is 2. The normalized spacial score (nSPS) is 26.6. The lowest BCUT2D eigenvalue weighted by Crippen LogP contribution is -2.63. The number of fused-ring (bicyclic) bond motifs is 3. The third-order valence-corrected chi connectivity index (χ3v) is 20.3. The molecule has 84 heavy (non-hydrogen) atoms. The molecule has 1 saturated heterocycles. The molecule has 4 aliphatic carbocycles. The fraction of sp³-hybridized carbons (Fsp3) is 0.417. The van der Waals surface area contributed by atoms with Crippen molar-refractivity contribution in [1.29, 1.82) is 0 Å². The van der Waals surface area contributed by atoms with E-state index in [0.29, 0.717) is 50.3 Å². The molecule has 8 bridgehead atoms. The highest BCUT2D eigenvalue weighted by atomic mass is 16.5. The predicted molar refractivity (Wildman–Crippen MR) is 326 cm³/mol. The number of hydrogen-bond acceptors (Lipinski definition) is 11. The zero-order valence-electron chi connectivity index (χ0n) is 48.0. The van der Waals surface area contributed by atoms with Crippen molar-refractivity contribution in [1.82, 2.24) is 15.2 Å². The fourth-order valence-electron chi connectivity index (χ4n) is 16.2. The molecule has 9 aliphatic rings. The molecule has 6 heterocycles. The zero-order valence-corrected chi connectivity index (χ0v) is 48.0. The number of aliphatic hydroxyl groups excluding tert-OH is 2. The molecule has 1 aromatic heterocycles. The molecule has 15 rings (SSSR count). The second kappa shape index (κ2) is 22.7. The molecular formula is C72H77N3O9. The summed E-state index contributed by atoms with van der Waals surface area (Å²) in [6, 6.07) is 26.5. The van der Waals surface area contributed by atoms with Gasteiger partial charge in [-0.05, 0) is 156 Å². The number of methoxy groups -OCH3 is 1. The number of dihydropyridines is 1. The van der Waals surface area contributed by atoms with Crippen LogP contribution in [-0.2, 0) is 58.5 Å². The van der Waals surface area contributed by atoms with Crippen molar-refractivity contribution in [2.24, 2.45) is 23.7 Å². The molecule has 5 aliphatic heterocycles. The summed E-state index contributed by atoms with van der Waals surface area (Å²) in [5.74, 6) is 9.25. The van der Waals surface area contributed by atoms with Gasteiger partial charge in [-0.1, -0.05) is 104 Å². The molecule has 8 atom stereocenters. The Hall–Kier alpha value is -7.08. The van der Waals surface area contributed by atoms with Crippen LogP contribution in [0.5, 0.6) is 23.0 Å². The topological polar surface area (TPSA) is 167 Å². The third kappa shape index (κ3) is 9.94. The van der Waals surface area contributed by atoms with Crippen LogP contribution in [0.15, 0.2) is 121 Å². The summed E-state index contributed by atoms with van der Waals surface area (Å²) in [7, 11) is 1.68. The van der Waals surface area contributed by atoms with E-state index in [1.807, 2.05) is 30.4 Å². The van der Waals surface area contributed by atoms with Crippen LogP contribution in [0.4, 0.5) is 0 Å². The summed E-state index contributed by atoms with van der Waals surface area (Å²) in [4.78, 5) is 0. The van der Waals surface area contributed by atoms with Crippen molar-refractivity contribution < 1.29 is 44.5 Å². The van der Waals surface area contributed by atoms with Crippen molar-refractivity contribution in [3.8, 4) is 34.8 Å². The first-order chi connectivity index (χ1) is 41.1. The highest BCUT2D eigenvalue weighted by Crippen LogP contribution is 2.64. The van der Waals surface area contributed by atoms with Gasteiger partial charge in [-0.2, -0.15) is 0 Å². The Morgan fingerprint density at radius 2 is 1.75 bits per heavy atom. The Morgan fingerprint density at radius 1 is 0.857 bits per heavy atom. The molecule has 12 heteroatoms. The molecule has 2 fully saturated rings. The minimum atomic E-state index is -0.765. The van der Waals surface area contributed by atoms with Crippen molar-refractivity contribution >= 4 is 28.7 Å². The fourth-order valence-corrected chi connectivity index (χ4v) is 16.2. The first-order valence-electron chi connectivity index (χ1n) is 30.8. The van der Waals surface area contributed by atoms with E-state index in [9.17, 15) is 25.5 Å². The molecule has 434 valence electrons. The average Bonchev–Trinajstić information content (AvgIpc) is 0.984. The number of aromatic nitrogens is 1. The van der Waals surface area contributed by atoms with Gasteiger partial charge in [0.25, 0.3) is 0 Å². The van der Waals surface area contributed by atoms with Crippen LogP contribution in [-0.4, -0.2) is 81.1 Å². The summed E-state index contributed by atoms with van der Waals surface area (Å²) in [6.07, 6.45) is 27.0. The van der Waals surface area contributed by atoms with E-state index in [2.05, 4.69) is 94.1 Å². The largest absolute Gasteiger partial charge is 0.508 e. The van der Waals surface area contributed by atoms with Crippen molar-refractivity contribution in [2.75, 3.05) is 27.1 Å². The quantitative estimate of drug-likeness (QED) is 0.0515. The monoisotopic (exact) mass is 1130 g/mol. The van der Waals surface area contributed by atoms with Gasteiger partial charge in [-0.25, -0.2) is 0 Å². The van der Waals surface area contributed by atoms with E-state index in [1.54, 1.807) is 31.4 Å². The van der Waals surface area contributed by atoms with Crippen LogP contribution in [0.3, 0.4) is 0 Å². The van der Waals surface area contributed by atoms with Gasteiger partial charge in [0.15, 0.2) is 11.5 Å². The van der Waals surface area contributed by atoms with Crippen LogP contribution in [0.1, 0.15) is 132 Å². The Kier molecular flexibility index (Phi) is 14.8. The number of nitrogens with zero attached hydrogens (tertiary/aromatic N) is 1. The minimum Gasteiger partial charge on any atom is -0.508 e. The molecule has 0 radical (unpaired) electrons. The van der Waals surface area contributed by atoms with Crippen LogP contribution >= 0.6 is 0 Å². The second-order valence-corrected chi connectivity index (χ2v) is 25.1. The van der Waals surface area contributed by atoms with Gasteiger partial charge in [0.2, 0.25) is 0 Å². The van der Waals surface area contributed by atoms with Gasteiger partial charge >= 0.3 is 0 Å². The molecular weight excluding hydrogens is 1050 g/mol. The van der Waals surface area contributed by atoms with Crippen molar-refractivity contribution in [3.63, 3.8) is 0 Å². The maximum Gasteiger partial charge on any atom is 0.168 e. The summed E-state index contributed by atoms with van der Waals surface area (Å²) in [5.41, 5.74) is 12.7. The lowest BCUT2D eigenvalue weighted by Gasteiger charge is -2.62. The van der Waals surface area contributed by atoms with Crippen LogP contribution in [0.25, 0.3) is 28.7 Å². The first-order valence-corrected chi connectivity index (χ1v) is 30.8. The summed E-state index contributed by atoms with van der Waals surface area (Å²) >= 11 is 0. The number of aliphatic hydroxyl groups is 2. The molecule has 6 aromatic rings. The van der Waals surface area contributed by atoms with Gasteiger partial charge in [-0.3, -0.25) is 5.32 Å². The number of phenolic OH excluding ortho intramolecular Hbond substituents is 3. The second-order valence-electron chi connectivity index (χ2n) is 25.1.